The molecule has 4 N–H and O–H groups in total. The number of nitrogens with zero attached hydrogens (tertiary/aromatic N) is 4. The van der Waals surface area contributed by atoms with Gasteiger partial charge in [-0.05, 0) is 36.4 Å². The molecule has 11 heteroatoms. The average molecular weight is 516 g/mol. The molecule has 0 spiro atoms. The maximum atomic E-state index is 14.8. The number of nitrogens with two attached hydrogens (primary N) is 1. The van der Waals surface area contributed by atoms with Crippen molar-refractivity contribution in [3.05, 3.63) is 71.9 Å². The number of carbonyl (C=O) groups excluding carboxylic acids is 1. The molecule has 2 aromatic heterocycles. The first-order chi connectivity index (χ1) is 18.1. The second-order valence-corrected chi connectivity index (χ2v) is 9.18. The van der Waals surface area contributed by atoms with Gasteiger partial charge >= 0.3 is 6.03 Å². The van der Waals surface area contributed by atoms with E-state index in [2.05, 4.69) is 31.6 Å². The Morgan fingerprint density at radius 2 is 1.79 bits per heavy atom. The van der Waals surface area contributed by atoms with Gasteiger partial charge in [-0.1, -0.05) is 26.7 Å². The fraction of sp³-hybridized carbons (Fsp3) is 0.185. The van der Waals surface area contributed by atoms with Crippen LogP contribution in [0.4, 0.5) is 26.5 Å². The van der Waals surface area contributed by atoms with Gasteiger partial charge in [-0.2, -0.15) is 5.10 Å². The van der Waals surface area contributed by atoms with Crippen molar-refractivity contribution in [2.24, 2.45) is 0 Å². The first-order valence-corrected chi connectivity index (χ1v) is 11.5. The largest absolute Gasteiger partial charge is 0.497 e. The molecule has 2 aromatic carbocycles. The van der Waals surface area contributed by atoms with E-state index >= 15 is 0 Å². The minimum Gasteiger partial charge on any atom is -0.497 e. The van der Waals surface area contributed by atoms with Gasteiger partial charge in [-0.15, -0.1) is 6.42 Å². The molecule has 10 nitrogen and oxygen atoms in total. The molecule has 4 rings (SSSR count). The van der Waals surface area contributed by atoms with E-state index in [0.29, 0.717) is 17.3 Å². The van der Waals surface area contributed by atoms with Crippen LogP contribution in [0.3, 0.4) is 0 Å². The Hall–Kier alpha value is -5.11. The second-order valence-electron chi connectivity index (χ2n) is 9.18. The number of halogens is 1. The Balaban J connectivity index is 1.53. The van der Waals surface area contributed by atoms with Crippen LogP contribution in [0.15, 0.2) is 54.9 Å². The van der Waals surface area contributed by atoms with Gasteiger partial charge in [0.25, 0.3) is 0 Å². The maximum absolute atomic E-state index is 14.8. The molecule has 0 aliphatic heterocycles. The smallest absolute Gasteiger partial charge is 0.324 e. The molecule has 0 atom stereocenters. The van der Waals surface area contributed by atoms with Crippen LogP contribution >= 0.6 is 0 Å². The van der Waals surface area contributed by atoms with Gasteiger partial charge in [-0.3, -0.25) is 5.32 Å². The third-order valence-electron chi connectivity index (χ3n) is 5.43. The lowest BCUT2D eigenvalue weighted by atomic mass is 9.92. The second kappa shape index (κ2) is 10.5. The van der Waals surface area contributed by atoms with E-state index < -0.39 is 11.8 Å². The highest BCUT2D eigenvalue weighted by atomic mass is 19.1. The number of urea groups is 1. The lowest BCUT2D eigenvalue weighted by molar-refractivity contribution is 0.262. The number of amides is 2. The molecule has 0 aliphatic rings. The lowest BCUT2D eigenvalue weighted by Gasteiger charge is -2.14. The first-order valence-electron chi connectivity index (χ1n) is 11.5. The van der Waals surface area contributed by atoms with Crippen LogP contribution in [0.1, 0.15) is 32.0 Å². The number of rotatable bonds is 6. The summed E-state index contributed by atoms with van der Waals surface area (Å²) in [7, 11) is 1.58. The van der Waals surface area contributed by atoms with Gasteiger partial charge in [0, 0.05) is 17.5 Å². The third-order valence-corrected chi connectivity index (χ3v) is 5.43. The van der Waals surface area contributed by atoms with Crippen LogP contribution in [0.5, 0.6) is 17.4 Å². The van der Waals surface area contributed by atoms with Crippen molar-refractivity contribution in [3.8, 4) is 35.4 Å². The van der Waals surface area contributed by atoms with Gasteiger partial charge in [0.05, 0.1) is 24.2 Å². The molecular formula is C27H26FN7O3. The monoisotopic (exact) mass is 515 g/mol. The summed E-state index contributed by atoms with van der Waals surface area (Å²) in [4.78, 5) is 20.6. The number of benzene rings is 2. The molecule has 0 fully saturated rings. The molecule has 38 heavy (non-hydrogen) atoms. The maximum Gasteiger partial charge on any atom is 0.324 e. The SMILES string of the molecule is C#Cc1c(N)ncnc1Oc1ccc(NC(=O)Nc2cc(C(C)(C)C)nn2-c2ccc(OC)cc2)c(F)c1. The average Bonchev–Trinajstić information content (AvgIpc) is 3.30. The summed E-state index contributed by atoms with van der Waals surface area (Å²) in [6.45, 7) is 6.04. The molecule has 194 valence electrons. The Labute approximate surface area is 219 Å². The number of nitrogens with one attached hydrogen (secondary N) is 2. The Morgan fingerprint density at radius 3 is 2.42 bits per heavy atom. The fourth-order valence-electron chi connectivity index (χ4n) is 3.39. The standard InChI is InChI=1S/C27H26FN7O3/c1-6-19-24(29)30-15-31-25(19)38-18-11-12-21(20(28)13-18)32-26(36)33-23-14-22(27(2,3)4)34-35(23)16-7-9-17(37-5)10-8-16/h1,7-15H,2-5H3,(H2,29,30,31)(H2,32,33,36). The van der Waals surface area contributed by atoms with E-state index in [-0.39, 0.29) is 34.1 Å². The van der Waals surface area contributed by atoms with Crippen LogP contribution in [0.2, 0.25) is 0 Å². The number of ether oxygens (including phenoxy) is 2. The molecule has 0 aliphatic carbocycles. The number of hydrogen-bond acceptors (Lipinski definition) is 7. The van der Waals surface area contributed by atoms with Crippen molar-refractivity contribution >= 4 is 23.4 Å². The number of nitrogen functional groups attached to an aromatic ring is 1. The summed E-state index contributed by atoms with van der Waals surface area (Å²) in [6.07, 6.45) is 6.62. The van der Waals surface area contributed by atoms with Crippen molar-refractivity contribution in [1.82, 2.24) is 19.7 Å². The minimum absolute atomic E-state index is 0.0132. The van der Waals surface area contributed by atoms with E-state index in [0.717, 1.165) is 11.8 Å². The van der Waals surface area contributed by atoms with Crippen molar-refractivity contribution in [2.75, 3.05) is 23.5 Å². The minimum atomic E-state index is -0.735. The topological polar surface area (TPSA) is 129 Å². The highest BCUT2D eigenvalue weighted by molar-refractivity contribution is 5.99. The number of methoxy groups -OCH3 is 1. The van der Waals surface area contributed by atoms with Gasteiger partial charge < -0.3 is 20.5 Å². The highest BCUT2D eigenvalue weighted by Gasteiger charge is 2.22. The van der Waals surface area contributed by atoms with E-state index in [1.54, 1.807) is 30.0 Å². The van der Waals surface area contributed by atoms with E-state index in [1.165, 1.54) is 18.5 Å². The van der Waals surface area contributed by atoms with Gasteiger partial charge in [0.1, 0.15) is 40.8 Å². The Kier molecular flexibility index (Phi) is 7.16. The Morgan fingerprint density at radius 1 is 1.08 bits per heavy atom. The Bertz CT molecular complexity index is 1520. The number of aromatic nitrogens is 4. The van der Waals surface area contributed by atoms with Crippen LogP contribution in [-0.2, 0) is 5.41 Å². The molecule has 2 amide bonds. The zero-order valence-electron chi connectivity index (χ0n) is 21.2. The van der Waals surface area contributed by atoms with Crippen molar-refractivity contribution in [3.63, 3.8) is 0 Å². The molecule has 0 bridgehead atoms. The zero-order valence-corrected chi connectivity index (χ0v) is 21.2. The summed E-state index contributed by atoms with van der Waals surface area (Å²) < 4.78 is 27.2. The molecule has 0 radical (unpaired) electrons. The molecule has 2 heterocycles. The predicted molar refractivity (Wildman–Crippen MR) is 142 cm³/mol. The van der Waals surface area contributed by atoms with Crippen molar-refractivity contribution in [2.45, 2.75) is 26.2 Å². The van der Waals surface area contributed by atoms with Crippen LogP contribution < -0.4 is 25.8 Å². The number of carbonyl (C=O) groups is 1. The summed E-state index contributed by atoms with van der Waals surface area (Å²) in [6, 6.07) is 12.2. The van der Waals surface area contributed by atoms with Crippen molar-refractivity contribution < 1.29 is 18.7 Å². The van der Waals surface area contributed by atoms with E-state index in [4.69, 9.17) is 21.6 Å². The first kappa shape index (κ1) is 26.0. The molecule has 4 aromatic rings. The van der Waals surface area contributed by atoms with Crippen LogP contribution in [0, 0.1) is 18.2 Å². The molecule has 0 unspecified atom stereocenters. The summed E-state index contributed by atoms with van der Waals surface area (Å²) in [5, 5.41) is 9.92. The summed E-state index contributed by atoms with van der Waals surface area (Å²) >= 11 is 0. The van der Waals surface area contributed by atoms with Gasteiger partial charge in [-0.25, -0.2) is 23.8 Å². The molecule has 0 saturated carbocycles. The number of anilines is 3. The fourth-order valence-corrected chi connectivity index (χ4v) is 3.39. The van der Waals surface area contributed by atoms with Crippen molar-refractivity contribution in [1.29, 1.82) is 0 Å². The van der Waals surface area contributed by atoms with Crippen LogP contribution in [0.25, 0.3) is 5.69 Å². The molecule has 0 saturated heterocycles. The lowest BCUT2D eigenvalue weighted by Crippen LogP contribution is -2.22. The van der Waals surface area contributed by atoms with E-state index in [1.807, 2.05) is 32.9 Å². The third kappa shape index (κ3) is 5.65. The van der Waals surface area contributed by atoms with Gasteiger partial charge in [0.2, 0.25) is 5.88 Å². The quantitative estimate of drug-likeness (QED) is 0.304. The normalized spacial score (nSPS) is 10.9. The summed E-state index contributed by atoms with van der Waals surface area (Å²) in [5.41, 5.74) is 7.00. The number of hydrogen-bond donors (Lipinski definition) is 3. The summed E-state index contributed by atoms with van der Waals surface area (Å²) in [5.74, 6) is 2.89. The molecular weight excluding hydrogens is 489 g/mol. The van der Waals surface area contributed by atoms with Gasteiger partial charge in [0.15, 0.2) is 0 Å². The van der Waals surface area contributed by atoms with Crippen LogP contribution in [-0.4, -0.2) is 32.9 Å². The highest BCUT2D eigenvalue weighted by Crippen LogP contribution is 2.29. The van der Waals surface area contributed by atoms with E-state index in [9.17, 15) is 9.18 Å². The number of terminal acetylenes is 1. The predicted octanol–water partition coefficient (Wildman–Crippen LogP) is 5.11. The zero-order chi connectivity index (χ0) is 27.4.